The maximum atomic E-state index is 12.1. The maximum absolute atomic E-state index is 12.1. The van der Waals surface area contributed by atoms with E-state index in [0.29, 0.717) is 31.1 Å². The summed E-state index contributed by atoms with van der Waals surface area (Å²) in [7, 11) is 0. The highest BCUT2D eigenvalue weighted by molar-refractivity contribution is 5.92. The van der Waals surface area contributed by atoms with Gasteiger partial charge in [0, 0.05) is 24.8 Å². The Kier molecular flexibility index (Phi) is 7.72. The van der Waals surface area contributed by atoms with Crippen LogP contribution in [0.3, 0.4) is 0 Å². The molecule has 1 aromatic carbocycles. The fourth-order valence-corrected chi connectivity index (χ4v) is 1.84. The molecule has 0 saturated carbocycles. The van der Waals surface area contributed by atoms with Crippen LogP contribution in [0.1, 0.15) is 6.92 Å². The smallest absolute Gasteiger partial charge is 0.238 e. The average molecular weight is 300 g/mol. The van der Waals surface area contributed by atoms with Crippen LogP contribution < -0.4 is 10.1 Å². The molecular formula is C18H24N2O2. The number of rotatable bonds is 10. The Balaban J connectivity index is 2.59. The number of ether oxygens (including phenoxy) is 1. The van der Waals surface area contributed by atoms with Crippen molar-refractivity contribution in [2.75, 3.05) is 31.6 Å². The quantitative estimate of drug-likeness (QED) is 0.674. The molecule has 0 unspecified atom stereocenters. The van der Waals surface area contributed by atoms with Crippen LogP contribution in [0.15, 0.2) is 61.7 Å². The molecule has 0 radical (unpaired) electrons. The van der Waals surface area contributed by atoms with Gasteiger partial charge in [-0.25, -0.2) is 0 Å². The van der Waals surface area contributed by atoms with E-state index in [9.17, 15) is 4.79 Å². The van der Waals surface area contributed by atoms with E-state index in [2.05, 4.69) is 25.1 Å². The molecule has 1 aromatic rings. The topological polar surface area (TPSA) is 41.6 Å². The molecule has 1 amide bonds. The van der Waals surface area contributed by atoms with Gasteiger partial charge in [-0.1, -0.05) is 24.8 Å². The van der Waals surface area contributed by atoms with Crippen LogP contribution in [0.25, 0.3) is 0 Å². The Morgan fingerprint density at radius 2 is 2.00 bits per heavy atom. The Morgan fingerprint density at radius 1 is 1.32 bits per heavy atom. The summed E-state index contributed by atoms with van der Waals surface area (Å²) in [5.74, 6) is 0.621. The van der Waals surface area contributed by atoms with Crippen molar-refractivity contribution < 1.29 is 9.53 Å². The summed E-state index contributed by atoms with van der Waals surface area (Å²) in [5.41, 5.74) is 1.65. The summed E-state index contributed by atoms with van der Waals surface area (Å²) in [6.45, 7) is 15.1. The van der Waals surface area contributed by atoms with Crippen LogP contribution in [0.2, 0.25) is 0 Å². The first-order valence-corrected chi connectivity index (χ1v) is 7.16. The second-order valence-corrected chi connectivity index (χ2v) is 5.09. The molecule has 0 aliphatic rings. The van der Waals surface area contributed by atoms with Crippen molar-refractivity contribution >= 4 is 11.6 Å². The van der Waals surface area contributed by atoms with E-state index in [1.807, 2.05) is 30.0 Å². The molecule has 1 N–H and O–H groups in total. The third-order valence-electron chi connectivity index (χ3n) is 2.74. The molecule has 0 fully saturated rings. The number of benzene rings is 1. The number of hydrogen-bond donors (Lipinski definition) is 1. The number of nitrogens with one attached hydrogen (secondary N) is 1. The lowest BCUT2D eigenvalue weighted by Gasteiger charge is -2.18. The van der Waals surface area contributed by atoms with Gasteiger partial charge >= 0.3 is 0 Å². The molecule has 0 heterocycles. The summed E-state index contributed by atoms with van der Waals surface area (Å²) >= 11 is 0. The molecule has 0 aliphatic heterocycles. The summed E-state index contributed by atoms with van der Waals surface area (Å²) in [6, 6.07) is 7.32. The SMILES string of the molecule is C=CCN(CC=C)CC(=O)Nc1cccc(OCC(=C)C)c1. The van der Waals surface area contributed by atoms with Gasteiger partial charge in [0.15, 0.2) is 0 Å². The van der Waals surface area contributed by atoms with Crippen molar-refractivity contribution in [3.05, 3.63) is 61.7 Å². The third kappa shape index (κ3) is 6.90. The molecule has 0 saturated heterocycles. The minimum Gasteiger partial charge on any atom is -0.489 e. The Labute approximate surface area is 132 Å². The lowest BCUT2D eigenvalue weighted by molar-refractivity contribution is -0.117. The number of nitrogens with zero attached hydrogens (tertiary/aromatic N) is 1. The van der Waals surface area contributed by atoms with Crippen molar-refractivity contribution in [1.82, 2.24) is 4.90 Å². The predicted octanol–water partition coefficient (Wildman–Crippen LogP) is 3.25. The van der Waals surface area contributed by atoms with Gasteiger partial charge in [0.2, 0.25) is 5.91 Å². The van der Waals surface area contributed by atoms with E-state index in [4.69, 9.17) is 4.74 Å². The normalized spacial score (nSPS) is 10.1. The highest BCUT2D eigenvalue weighted by Crippen LogP contribution is 2.17. The summed E-state index contributed by atoms with van der Waals surface area (Å²) in [5, 5.41) is 2.87. The van der Waals surface area contributed by atoms with Gasteiger partial charge in [-0.2, -0.15) is 0 Å². The largest absolute Gasteiger partial charge is 0.489 e. The third-order valence-corrected chi connectivity index (χ3v) is 2.74. The van der Waals surface area contributed by atoms with Crippen molar-refractivity contribution in [1.29, 1.82) is 0 Å². The van der Waals surface area contributed by atoms with Crippen molar-refractivity contribution in [2.45, 2.75) is 6.92 Å². The average Bonchev–Trinajstić information content (AvgIpc) is 2.46. The maximum Gasteiger partial charge on any atom is 0.238 e. The van der Waals surface area contributed by atoms with Gasteiger partial charge in [-0.3, -0.25) is 9.69 Å². The van der Waals surface area contributed by atoms with Gasteiger partial charge in [0.05, 0.1) is 6.54 Å². The van der Waals surface area contributed by atoms with Crippen LogP contribution >= 0.6 is 0 Å². The molecule has 0 aromatic heterocycles. The molecule has 4 heteroatoms. The van der Waals surface area contributed by atoms with Crippen LogP contribution in [0.5, 0.6) is 5.75 Å². The molecule has 0 aliphatic carbocycles. The highest BCUT2D eigenvalue weighted by atomic mass is 16.5. The summed E-state index contributed by atoms with van der Waals surface area (Å²) in [6.07, 6.45) is 3.53. The minimum absolute atomic E-state index is 0.0826. The van der Waals surface area contributed by atoms with Gasteiger partial charge in [-0.15, -0.1) is 13.2 Å². The van der Waals surface area contributed by atoms with E-state index in [0.717, 1.165) is 5.57 Å². The zero-order chi connectivity index (χ0) is 16.4. The van der Waals surface area contributed by atoms with E-state index in [1.54, 1.807) is 18.2 Å². The number of carbonyl (C=O) groups is 1. The highest BCUT2D eigenvalue weighted by Gasteiger charge is 2.08. The number of hydrogen-bond acceptors (Lipinski definition) is 3. The van der Waals surface area contributed by atoms with Crippen molar-refractivity contribution in [2.24, 2.45) is 0 Å². The lowest BCUT2D eigenvalue weighted by atomic mass is 10.3. The molecule has 118 valence electrons. The van der Waals surface area contributed by atoms with Crippen LogP contribution in [-0.4, -0.2) is 37.0 Å². The fraction of sp³-hybridized carbons (Fsp3) is 0.278. The van der Waals surface area contributed by atoms with Crippen LogP contribution in [0.4, 0.5) is 5.69 Å². The Morgan fingerprint density at radius 3 is 2.59 bits per heavy atom. The Bertz CT molecular complexity index is 528. The zero-order valence-electron chi connectivity index (χ0n) is 13.2. The summed E-state index contributed by atoms with van der Waals surface area (Å²) in [4.78, 5) is 14.0. The standard InChI is InChI=1S/C18H24N2O2/c1-5-10-20(11-6-2)13-18(21)19-16-8-7-9-17(12-16)22-14-15(3)4/h5-9,12H,1-3,10-11,13-14H2,4H3,(H,19,21). The lowest BCUT2D eigenvalue weighted by Crippen LogP contribution is -2.33. The van der Waals surface area contributed by atoms with E-state index >= 15 is 0 Å². The molecule has 1 rings (SSSR count). The van der Waals surface area contributed by atoms with Crippen molar-refractivity contribution in [3.63, 3.8) is 0 Å². The molecule has 0 bridgehead atoms. The monoisotopic (exact) mass is 300 g/mol. The predicted molar refractivity (Wildman–Crippen MR) is 92.2 cm³/mol. The Hall–Kier alpha value is -2.33. The number of carbonyl (C=O) groups excluding carboxylic acids is 1. The molecular weight excluding hydrogens is 276 g/mol. The number of amides is 1. The van der Waals surface area contributed by atoms with E-state index < -0.39 is 0 Å². The van der Waals surface area contributed by atoms with Gasteiger partial charge in [0.25, 0.3) is 0 Å². The second-order valence-electron chi connectivity index (χ2n) is 5.09. The first-order valence-electron chi connectivity index (χ1n) is 7.16. The zero-order valence-corrected chi connectivity index (χ0v) is 13.2. The minimum atomic E-state index is -0.0826. The number of anilines is 1. The van der Waals surface area contributed by atoms with Crippen LogP contribution in [-0.2, 0) is 4.79 Å². The molecule has 22 heavy (non-hydrogen) atoms. The molecule has 0 atom stereocenters. The van der Waals surface area contributed by atoms with E-state index in [-0.39, 0.29) is 12.5 Å². The summed E-state index contributed by atoms with van der Waals surface area (Å²) < 4.78 is 5.56. The second kappa shape index (κ2) is 9.58. The van der Waals surface area contributed by atoms with Gasteiger partial charge in [-0.05, 0) is 24.6 Å². The first kappa shape index (κ1) is 17.7. The first-order chi connectivity index (χ1) is 10.5. The van der Waals surface area contributed by atoms with Crippen molar-refractivity contribution in [3.8, 4) is 5.75 Å². The molecule has 0 spiro atoms. The van der Waals surface area contributed by atoms with E-state index in [1.165, 1.54) is 0 Å². The molecule has 4 nitrogen and oxygen atoms in total. The fourth-order valence-electron chi connectivity index (χ4n) is 1.84. The van der Waals surface area contributed by atoms with Gasteiger partial charge < -0.3 is 10.1 Å². The van der Waals surface area contributed by atoms with Crippen LogP contribution in [0, 0.1) is 0 Å². The van der Waals surface area contributed by atoms with Gasteiger partial charge in [0.1, 0.15) is 12.4 Å².